The predicted octanol–water partition coefficient (Wildman–Crippen LogP) is 2.99. The first kappa shape index (κ1) is 8.72. The maximum Gasteiger partial charge on any atom is 0.182 e. The quantitative estimate of drug-likeness (QED) is 0.826. The van der Waals surface area contributed by atoms with E-state index in [4.69, 9.17) is 0 Å². The first-order valence-electron chi connectivity index (χ1n) is 5.55. The third kappa shape index (κ3) is 1.54. The third-order valence-electron chi connectivity index (χ3n) is 3.83. The molecule has 0 spiro atoms. The summed E-state index contributed by atoms with van der Waals surface area (Å²) in [5.41, 5.74) is 0. The molecule has 0 amide bonds. The van der Waals surface area contributed by atoms with Crippen LogP contribution in [-0.4, -0.2) is 11.5 Å². The van der Waals surface area contributed by atoms with Crippen molar-refractivity contribution >= 4 is 16.5 Å². The highest BCUT2D eigenvalue weighted by molar-refractivity contribution is 7.13. The molecule has 2 fully saturated rings. The smallest absolute Gasteiger partial charge is 0.182 e. The lowest BCUT2D eigenvalue weighted by molar-refractivity contribution is 0.348. The average Bonchev–Trinajstić information content (AvgIpc) is 2.91. The topological polar surface area (TPSA) is 24.9 Å². The fraction of sp³-hybridized carbons (Fsp3) is 0.727. The Kier molecular flexibility index (Phi) is 2.20. The molecule has 14 heavy (non-hydrogen) atoms. The van der Waals surface area contributed by atoms with Crippen LogP contribution in [0.2, 0.25) is 0 Å². The summed E-state index contributed by atoms with van der Waals surface area (Å²) in [6.07, 6.45) is 7.81. The molecule has 0 saturated heterocycles. The van der Waals surface area contributed by atoms with Crippen LogP contribution in [0.25, 0.3) is 0 Å². The van der Waals surface area contributed by atoms with Crippen molar-refractivity contribution in [2.45, 2.75) is 25.7 Å². The van der Waals surface area contributed by atoms with Crippen LogP contribution in [0.1, 0.15) is 25.7 Å². The molecule has 1 N–H and O–H groups in total. The van der Waals surface area contributed by atoms with Gasteiger partial charge in [-0.2, -0.15) is 0 Å². The van der Waals surface area contributed by atoms with E-state index in [9.17, 15) is 0 Å². The van der Waals surface area contributed by atoms with Crippen LogP contribution >= 0.6 is 11.3 Å². The minimum absolute atomic E-state index is 0.928. The second kappa shape index (κ2) is 3.54. The molecule has 2 nitrogen and oxygen atoms in total. The van der Waals surface area contributed by atoms with Gasteiger partial charge in [0.1, 0.15) is 0 Å². The van der Waals surface area contributed by atoms with E-state index in [1.807, 2.05) is 11.6 Å². The highest BCUT2D eigenvalue weighted by Crippen LogP contribution is 2.48. The van der Waals surface area contributed by atoms with E-state index in [1.54, 1.807) is 11.3 Å². The van der Waals surface area contributed by atoms with Crippen LogP contribution in [-0.2, 0) is 0 Å². The first-order valence-corrected chi connectivity index (χ1v) is 6.43. The lowest BCUT2D eigenvalue weighted by Crippen LogP contribution is -2.19. The molecule has 2 saturated carbocycles. The maximum atomic E-state index is 4.25. The summed E-state index contributed by atoms with van der Waals surface area (Å²) in [7, 11) is 0. The zero-order valence-electron chi connectivity index (χ0n) is 8.28. The summed E-state index contributed by atoms with van der Waals surface area (Å²) in [5, 5.41) is 6.58. The summed E-state index contributed by atoms with van der Waals surface area (Å²) in [4.78, 5) is 4.25. The predicted molar refractivity (Wildman–Crippen MR) is 59.5 cm³/mol. The maximum absolute atomic E-state index is 4.25. The average molecular weight is 208 g/mol. The van der Waals surface area contributed by atoms with Crippen LogP contribution < -0.4 is 5.32 Å². The van der Waals surface area contributed by atoms with Crippen molar-refractivity contribution in [2.75, 3.05) is 11.9 Å². The van der Waals surface area contributed by atoms with E-state index >= 15 is 0 Å². The van der Waals surface area contributed by atoms with Gasteiger partial charge in [0.25, 0.3) is 0 Å². The zero-order chi connectivity index (χ0) is 9.38. The first-order chi connectivity index (χ1) is 6.92. The highest BCUT2D eigenvalue weighted by atomic mass is 32.1. The zero-order valence-corrected chi connectivity index (χ0v) is 9.09. The van der Waals surface area contributed by atoms with E-state index in [2.05, 4.69) is 10.3 Å². The van der Waals surface area contributed by atoms with Gasteiger partial charge in [-0.3, -0.25) is 0 Å². The van der Waals surface area contributed by atoms with Gasteiger partial charge in [-0.15, -0.1) is 11.3 Å². The van der Waals surface area contributed by atoms with E-state index in [0.717, 1.165) is 29.4 Å². The van der Waals surface area contributed by atoms with E-state index in [0.29, 0.717) is 0 Å². The molecule has 3 heteroatoms. The van der Waals surface area contributed by atoms with Gasteiger partial charge >= 0.3 is 0 Å². The summed E-state index contributed by atoms with van der Waals surface area (Å²) in [6.45, 7) is 1.15. The van der Waals surface area contributed by atoms with E-state index in [1.165, 1.54) is 25.7 Å². The molecule has 76 valence electrons. The van der Waals surface area contributed by atoms with Crippen molar-refractivity contribution in [2.24, 2.45) is 17.8 Å². The van der Waals surface area contributed by atoms with Crippen LogP contribution in [0, 0.1) is 17.8 Å². The van der Waals surface area contributed by atoms with Gasteiger partial charge in [-0.25, -0.2) is 4.98 Å². The van der Waals surface area contributed by atoms with Gasteiger partial charge in [-0.1, -0.05) is 6.42 Å². The van der Waals surface area contributed by atoms with Crippen molar-refractivity contribution < 1.29 is 0 Å². The molecule has 1 aromatic heterocycles. The Morgan fingerprint density at radius 2 is 2.43 bits per heavy atom. The monoisotopic (exact) mass is 208 g/mol. The Morgan fingerprint density at radius 3 is 3.07 bits per heavy atom. The van der Waals surface area contributed by atoms with Gasteiger partial charge in [0, 0.05) is 18.1 Å². The molecular formula is C11H16N2S. The fourth-order valence-corrected chi connectivity index (χ4v) is 3.69. The van der Waals surface area contributed by atoms with Crippen molar-refractivity contribution in [3.05, 3.63) is 11.6 Å². The molecule has 0 radical (unpaired) electrons. The summed E-state index contributed by atoms with van der Waals surface area (Å²) >= 11 is 1.70. The number of fused-ring (bicyclic) bond motifs is 2. The molecule has 3 unspecified atom stereocenters. The Bertz CT molecular complexity index is 296. The van der Waals surface area contributed by atoms with Crippen molar-refractivity contribution in [1.82, 2.24) is 4.98 Å². The SMILES string of the molecule is c1csc(NCC2CC3CCC2C3)n1. The van der Waals surface area contributed by atoms with Crippen molar-refractivity contribution in [1.29, 1.82) is 0 Å². The minimum atomic E-state index is 0.928. The number of rotatable bonds is 3. The van der Waals surface area contributed by atoms with Crippen LogP contribution in [0.3, 0.4) is 0 Å². The van der Waals surface area contributed by atoms with Crippen LogP contribution in [0.4, 0.5) is 5.13 Å². The highest BCUT2D eigenvalue weighted by Gasteiger charge is 2.39. The Hall–Kier alpha value is -0.570. The number of nitrogens with one attached hydrogen (secondary N) is 1. The molecule has 2 aliphatic carbocycles. The number of aromatic nitrogens is 1. The van der Waals surface area contributed by atoms with Gasteiger partial charge < -0.3 is 5.32 Å². The molecule has 1 aromatic rings. The number of thiazole rings is 1. The Balaban J connectivity index is 1.54. The number of hydrogen-bond acceptors (Lipinski definition) is 3. The molecule has 3 rings (SSSR count). The number of nitrogens with zero attached hydrogens (tertiary/aromatic N) is 1. The third-order valence-corrected chi connectivity index (χ3v) is 4.56. The minimum Gasteiger partial charge on any atom is -0.361 e. The molecular weight excluding hydrogens is 192 g/mol. The standard InChI is InChI=1S/C11H16N2S/c1-2-9-5-8(1)6-10(9)7-13-11-12-3-4-14-11/h3-4,8-10H,1-2,5-7H2,(H,12,13). The fourth-order valence-electron chi connectivity index (χ4n) is 3.16. The van der Waals surface area contributed by atoms with E-state index in [-0.39, 0.29) is 0 Å². The van der Waals surface area contributed by atoms with Gasteiger partial charge in [0.05, 0.1) is 0 Å². The molecule has 2 aliphatic rings. The largest absolute Gasteiger partial charge is 0.361 e. The second-order valence-electron chi connectivity index (χ2n) is 4.65. The summed E-state index contributed by atoms with van der Waals surface area (Å²) < 4.78 is 0. The molecule has 3 atom stereocenters. The normalized spacial score (nSPS) is 35.0. The Morgan fingerprint density at radius 1 is 1.43 bits per heavy atom. The number of anilines is 1. The van der Waals surface area contributed by atoms with Crippen LogP contribution in [0.5, 0.6) is 0 Å². The lowest BCUT2D eigenvalue weighted by Gasteiger charge is -2.21. The van der Waals surface area contributed by atoms with E-state index < -0.39 is 0 Å². The van der Waals surface area contributed by atoms with Gasteiger partial charge in [0.2, 0.25) is 0 Å². The number of hydrogen-bond donors (Lipinski definition) is 1. The van der Waals surface area contributed by atoms with Crippen LogP contribution in [0.15, 0.2) is 11.6 Å². The summed E-state index contributed by atoms with van der Waals surface area (Å²) in [5.74, 6) is 3.01. The van der Waals surface area contributed by atoms with Crippen molar-refractivity contribution in [3.8, 4) is 0 Å². The van der Waals surface area contributed by atoms with Gasteiger partial charge in [-0.05, 0) is 37.0 Å². The molecule has 1 heterocycles. The Labute approximate surface area is 88.7 Å². The van der Waals surface area contributed by atoms with Gasteiger partial charge in [0.15, 0.2) is 5.13 Å². The lowest BCUT2D eigenvalue weighted by atomic mass is 9.89. The molecule has 0 aromatic carbocycles. The summed E-state index contributed by atoms with van der Waals surface area (Å²) in [6, 6.07) is 0. The molecule has 0 aliphatic heterocycles. The second-order valence-corrected chi connectivity index (χ2v) is 5.55. The molecule has 2 bridgehead atoms. The van der Waals surface area contributed by atoms with Crippen molar-refractivity contribution in [3.63, 3.8) is 0 Å².